The molecule has 0 bridgehead atoms. The SMILES string of the molecule is [C-]#[N+]c1c(CC2C(C)CC(C)CC2C)c2nc(C(C=O)(CC)CC)[nH]n2c1OC(=O)c1ccccc1Cl. The highest BCUT2D eigenvalue weighted by Crippen LogP contribution is 2.45. The van der Waals surface area contributed by atoms with Gasteiger partial charge in [0.05, 0.1) is 22.6 Å². The van der Waals surface area contributed by atoms with Crippen LogP contribution < -0.4 is 4.74 Å². The van der Waals surface area contributed by atoms with Gasteiger partial charge in [0.25, 0.3) is 5.69 Å². The fourth-order valence-electron chi connectivity index (χ4n) is 6.14. The quantitative estimate of drug-likeness (QED) is 0.192. The topological polar surface area (TPSA) is 80.8 Å². The average molecular weight is 523 g/mol. The number of ether oxygens (including phenoxy) is 1. The molecule has 8 heteroatoms. The summed E-state index contributed by atoms with van der Waals surface area (Å²) in [5.74, 6) is 1.94. The molecule has 0 radical (unpaired) electrons. The number of carbonyl (C=O) groups is 2. The third kappa shape index (κ3) is 4.80. The summed E-state index contributed by atoms with van der Waals surface area (Å²) in [5.41, 5.74) is 0.982. The van der Waals surface area contributed by atoms with E-state index in [4.69, 9.17) is 27.9 Å². The molecule has 0 amide bonds. The van der Waals surface area contributed by atoms with Crippen molar-refractivity contribution in [2.45, 2.75) is 72.1 Å². The average Bonchev–Trinajstić information content (AvgIpc) is 3.41. The smallest absolute Gasteiger partial charge is 0.345 e. The summed E-state index contributed by atoms with van der Waals surface area (Å²) in [6.07, 6.45) is 4.99. The third-order valence-corrected chi connectivity index (χ3v) is 8.74. The van der Waals surface area contributed by atoms with Crippen LogP contribution in [-0.2, 0) is 16.6 Å². The molecule has 7 nitrogen and oxygen atoms in total. The van der Waals surface area contributed by atoms with Crippen LogP contribution in [0.1, 0.15) is 82.0 Å². The number of rotatable bonds is 8. The van der Waals surface area contributed by atoms with E-state index in [2.05, 4.69) is 30.7 Å². The highest BCUT2D eigenvalue weighted by atomic mass is 35.5. The fraction of sp³-hybridized carbons (Fsp3) is 0.517. The number of carbonyl (C=O) groups excluding carboxylic acids is 2. The first-order chi connectivity index (χ1) is 17.7. The Morgan fingerprint density at radius 2 is 1.89 bits per heavy atom. The zero-order chi connectivity index (χ0) is 26.9. The summed E-state index contributed by atoms with van der Waals surface area (Å²) in [4.78, 5) is 34.0. The van der Waals surface area contributed by atoms with E-state index >= 15 is 0 Å². The van der Waals surface area contributed by atoms with Crippen LogP contribution in [0.3, 0.4) is 0 Å². The number of aromatic amines is 1. The second-order valence-corrected chi connectivity index (χ2v) is 11.1. The minimum Gasteiger partial charge on any atom is -0.414 e. The molecular formula is C29H35ClN4O3. The van der Waals surface area contributed by atoms with E-state index in [1.165, 1.54) is 0 Å². The first kappa shape index (κ1) is 26.9. The summed E-state index contributed by atoms with van der Waals surface area (Å²) in [6.45, 7) is 18.8. The van der Waals surface area contributed by atoms with Crippen molar-refractivity contribution in [3.8, 4) is 5.88 Å². The van der Waals surface area contributed by atoms with Gasteiger partial charge in [0.15, 0.2) is 0 Å². The van der Waals surface area contributed by atoms with Crippen molar-refractivity contribution in [3.05, 3.63) is 57.7 Å². The predicted molar refractivity (Wildman–Crippen MR) is 144 cm³/mol. The molecule has 1 fully saturated rings. The molecule has 1 saturated carbocycles. The van der Waals surface area contributed by atoms with E-state index in [1.54, 1.807) is 28.8 Å². The van der Waals surface area contributed by atoms with Crippen LogP contribution in [0.2, 0.25) is 5.02 Å². The van der Waals surface area contributed by atoms with Gasteiger partial charge in [-0.1, -0.05) is 58.4 Å². The van der Waals surface area contributed by atoms with Crippen molar-refractivity contribution in [2.75, 3.05) is 0 Å². The Balaban J connectivity index is 1.87. The number of halogens is 1. The molecule has 2 aromatic heterocycles. The van der Waals surface area contributed by atoms with Gasteiger partial charge in [-0.05, 0) is 67.9 Å². The lowest BCUT2D eigenvalue weighted by Gasteiger charge is -2.38. The Kier molecular flexibility index (Phi) is 7.80. The Bertz CT molecular complexity index is 1340. The number of aromatic nitrogens is 3. The minimum absolute atomic E-state index is 0.0835. The number of esters is 1. The van der Waals surface area contributed by atoms with Crippen LogP contribution in [0.5, 0.6) is 5.88 Å². The summed E-state index contributed by atoms with van der Waals surface area (Å²) in [7, 11) is 0. The molecule has 0 aliphatic heterocycles. The van der Waals surface area contributed by atoms with Crippen LogP contribution in [0.15, 0.2) is 24.3 Å². The molecule has 1 aromatic carbocycles. The summed E-state index contributed by atoms with van der Waals surface area (Å²) < 4.78 is 7.42. The molecule has 0 saturated heterocycles. The number of fused-ring (bicyclic) bond motifs is 1. The number of aldehydes is 1. The van der Waals surface area contributed by atoms with E-state index in [1.807, 2.05) is 13.8 Å². The molecule has 1 N–H and O–H groups in total. The van der Waals surface area contributed by atoms with E-state index in [9.17, 15) is 9.59 Å². The van der Waals surface area contributed by atoms with Gasteiger partial charge in [-0.3, -0.25) is 5.10 Å². The number of hydrogen-bond acceptors (Lipinski definition) is 4. The molecule has 2 unspecified atom stereocenters. The highest BCUT2D eigenvalue weighted by molar-refractivity contribution is 6.33. The maximum Gasteiger partial charge on any atom is 0.345 e. The number of nitrogens with zero attached hydrogens (tertiary/aromatic N) is 3. The number of hydrogen-bond donors (Lipinski definition) is 1. The van der Waals surface area contributed by atoms with Crippen molar-refractivity contribution in [3.63, 3.8) is 0 Å². The van der Waals surface area contributed by atoms with Crippen LogP contribution in [0.4, 0.5) is 5.69 Å². The molecule has 4 rings (SSSR count). The zero-order valence-corrected chi connectivity index (χ0v) is 22.9. The first-order valence-corrected chi connectivity index (χ1v) is 13.5. The summed E-state index contributed by atoms with van der Waals surface area (Å²) in [6, 6.07) is 6.65. The Morgan fingerprint density at radius 3 is 2.46 bits per heavy atom. The number of benzene rings is 1. The fourth-order valence-corrected chi connectivity index (χ4v) is 6.35. The van der Waals surface area contributed by atoms with Crippen LogP contribution in [0, 0.1) is 30.2 Å². The van der Waals surface area contributed by atoms with Crippen molar-refractivity contribution >= 4 is 35.2 Å². The highest BCUT2D eigenvalue weighted by Gasteiger charge is 2.37. The largest absolute Gasteiger partial charge is 0.414 e. The maximum atomic E-state index is 13.1. The summed E-state index contributed by atoms with van der Waals surface area (Å²) in [5, 5.41) is 3.48. The van der Waals surface area contributed by atoms with Crippen LogP contribution in [-0.4, -0.2) is 26.9 Å². The van der Waals surface area contributed by atoms with Gasteiger partial charge in [0, 0.05) is 5.56 Å². The van der Waals surface area contributed by atoms with Gasteiger partial charge < -0.3 is 9.53 Å². The Hall–Kier alpha value is -3.11. The minimum atomic E-state index is -0.792. The molecule has 3 aromatic rings. The van der Waals surface area contributed by atoms with Gasteiger partial charge in [-0.25, -0.2) is 19.1 Å². The lowest BCUT2D eigenvalue weighted by molar-refractivity contribution is -0.113. The van der Waals surface area contributed by atoms with Crippen molar-refractivity contribution in [1.29, 1.82) is 0 Å². The first-order valence-electron chi connectivity index (χ1n) is 13.1. The second-order valence-electron chi connectivity index (χ2n) is 10.7. The summed E-state index contributed by atoms with van der Waals surface area (Å²) >= 11 is 6.25. The zero-order valence-electron chi connectivity index (χ0n) is 22.2. The van der Waals surface area contributed by atoms with Crippen LogP contribution in [0.25, 0.3) is 10.5 Å². The third-order valence-electron chi connectivity index (χ3n) is 8.41. The monoisotopic (exact) mass is 522 g/mol. The Morgan fingerprint density at radius 1 is 1.24 bits per heavy atom. The Labute approximate surface area is 223 Å². The van der Waals surface area contributed by atoms with Gasteiger partial charge in [-0.15, -0.1) is 0 Å². The van der Waals surface area contributed by atoms with Gasteiger partial charge in [-0.2, -0.15) is 0 Å². The van der Waals surface area contributed by atoms with E-state index in [0.717, 1.165) is 24.7 Å². The number of H-pyrrole nitrogens is 1. The van der Waals surface area contributed by atoms with Gasteiger partial charge in [0.2, 0.25) is 5.88 Å². The molecule has 37 heavy (non-hydrogen) atoms. The van der Waals surface area contributed by atoms with Crippen molar-refractivity contribution < 1.29 is 14.3 Å². The standard InChI is InChI=1S/C29H35ClN4O3/c1-7-29(8-2,16-35)28-32-25-22(15-21-18(4)13-17(3)14-19(21)5)24(31-6)26(34(25)33-28)37-27(36)20-11-9-10-12-23(20)30/h9-12,16-19,21H,7-8,13-15H2,1-5H3,(H,32,33). The van der Waals surface area contributed by atoms with Crippen LogP contribution >= 0.6 is 11.6 Å². The van der Waals surface area contributed by atoms with E-state index in [-0.39, 0.29) is 22.2 Å². The van der Waals surface area contributed by atoms with Gasteiger partial charge >= 0.3 is 5.97 Å². The van der Waals surface area contributed by atoms with E-state index in [0.29, 0.717) is 54.4 Å². The molecule has 1 aliphatic rings. The molecule has 0 spiro atoms. The molecule has 1 aliphatic carbocycles. The predicted octanol–water partition coefficient (Wildman–Crippen LogP) is 7.20. The maximum absolute atomic E-state index is 13.1. The van der Waals surface area contributed by atoms with E-state index < -0.39 is 11.4 Å². The molecule has 2 heterocycles. The second kappa shape index (κ2) is 10.7. The van der Waals surface area contributed by atoms with Crippen molar-refractivity contribution in [2.24, 2.45) is 23.7 Å². The normalized spacial score (nSPS) is 22.1. The molecule has 196 valence electrons. The lowest BCUT2D eigenvalue weighted by Crippen LogP contribution is -2.30. The number of nitrogens with one attached hydrogen (secondary N) is 1. The lowest BCUT2D eigenvalue weighted by atomic mass is 9.67. The van der Waals surface area contributed by atoms with Crippen molar-refractivity contribution in [1.82, 2.24) is 14.6 Å². The molecular weight excluding hydrogens is 488 g/mol. The van der Waals surface area contributed by atoms with Gasteiger partial charge in [0.1, 0.15) is 17.8 Å². The molecule has 2 atom stereocenters.